The average molecular weight is 733 g/mol. The molecule has 57 heavy (non-hydrogen) atoms. The average Bonchev–Trinajstić information content (AvgIpc) is 3.95. The number of furan rings is 2. The first-order valence-electron chi connectivity index (χ1n) is 18.8. The van der Waals surface area contributed by atoms with E-state index >= 15 is 0 Å². The van der Waals surface area contributed by atoms with Crippen molar-refractivity contribution in [1.29, 1.82) is 0 Å². The number of hydrogen-bond acceptors (Lipinski definition) is 7. The molecular formula is C49H28N6O2. The molecule has 266 valence electrons. The molecule has 8 heteroatoms. The smallest absolute Gasteiger partial charge is 0.238 e. The van der Waals surface area contributed by atoms with Crippen LogP contribution in [-0.4, -0.2) is 29.5 Å². The maximum Gasteiger partial charge on any atom is 0.238 e. The fourth-order valence-electron chi connectivity index (χ4n) is 8.00. The van der Waals surface area contributed by atoms with E-state index < -0.39 is 0 Å². The van der Waals surface area contributed by atoms with Gasteiger partial charge in [-0.15, -0.1) is 0 Å². The Kier molecular flexibility index (Phi) is 6.76. The normalized spacial score (nSPS) is 11.9. The van der Waals surface area contributed by atoms with Crippen LogP contribution in [0.25, 0.3) is 117 Å². The molecule has 0 saturated heterocycles. The molecule has 0 spiro atoms. The molecule has 0 amide bonds. The van der Waals surface area contributed by atoms with Gasteiger partial charge in [-0.25, -0.2) is 15.0 Å². The van der Waals surface area contributed by atoms with Crippen LogP contribution >= 0.6 is 0 Å². The van der Waals surface area contributed by atoms with E-state index in [1.54, 1.807) is 0 Å². The predicted octanol–water partition coefficient (Wildman–Crippen LogP) is 12.2. The van der Waals surface area contributed by atoms with Crippen LogP contribution in [0.3, 0.4) is 0 Å². The monoisotopic (exact) mass is 732 g/mol. The third kappa shape index (κ3) is 4.97. The predicted molar refractivity (Wildman–Crippen MR) is 226 cm³/mol. The molecular weight excluding hydrogens is 705 g/mol. The summed E-state index contributed by atoms with van der Waals surface area (Å²) >= 11 is 0. The van der Waals surface area contributed by atoms with Gasteiger partial charge in [0.05, 0.1) is 11.0 Å². The number of nitrogens with zero attached hydrogens (tertiary/aromatic N) is 6. The minimum Gasteiger partial charge on any atom is -0.456 e. The number of para-hydroxylation sites is 2. The number of fused-ring (bicyclic) bond motifs is 9. The second kappa shape index (κ2) is 12.3. The van der Waals surface area contributed by atoms with E-state index in [1.807, 2.05) is 109 Å². The fourth-order valence-corrected chi connectivity index (χ4v) is 8.00. The van der Waals surface area contributed by atoms with Crippen LogP contribution in [0.15, 0.2) is 179 Å². The highest BCUT2D eigenvalue weighted by molar-refractivity contribution is 6.17. The Morgan fingerprint density at radius 3 is 1.70 bits per heavy atom. The van der Waals surface area contributed by atoms with Crippen LogP contribution in [0, 0.1) is 0 Å². The van der Waals surface area contributed by atoms with Gasteiger partial charge in [0, 0.05) is 49.2 Å². The molecule has 5 heterocycles. The van der Waals surface area contributed by atoms with E-state index in [0.717, 1.165) is 88.2 Å². The van der Waals surface area contributed by atoms with E-state index in [1.165, 1.54) is 0 Å². The Bertz CT molecular complexity index is 3520. The van der Waals surface area contributed by atoms with E-state index in [9.17, 15) is 0 Å². The summed E-state index contributed by atoms with van der Waals surface area (Å²) < 4.78 is 15.1. The number of benzene rings is 7. The number of rotatable bonds is 5. The molecule has 0 unspecified atom stereocenters. The molecule has 0 aliphatic rings. The van der Waals surface area contributed by atoms with E-state index in [0.29, 0.717) is 29.0 Å². The lowest BCUT2D eigenvalue weighted by Crippen LogP contribution is -2.06. The molecule has 0 saturated carbocycles. The van der Waals surface area contributed by atoms with Crippen LogP contribution in [0.2, 0.25) is 0 Å². The molecule has 0 aliphatic heterocycles. The molecule has 0 atom stereocenters. The second-order valence-corrected chi connectivity index (χ2v) is 14.1. The van der Waals surface area contributed by atoms with Gasteiger partial charge in [0.2, 0.25) is 5.95 Å². The van der Waals surface area contributed by atoms with Gasteiger partial charge in [-0.2, -0.15) is 9.97 Å². The van der Waals surface area contributed by atoms with Crippen molar-refractivity contribution in [2.24, 2.45) is 0 Å². The molecule has 12 rings (SSSR count). The highest BCUT2D eigenvalue weighted by Crippen LogP contribution is 2.41. The quantitative estimate of drug-likeness (QED) is 0.174. The van der Waals surface area contributed by atoms with E-state index in [-0.39, 0.29) is 0 Å². The standard InChI is InChI=1S/C49H28N6O2/c1-4-14-29(15-5-1)43-45-44(51-46(50-43)30-16-6-2-7-17-30)37-27-39-36(28-42(37)57-45)33-20-10-12-22-38(33)55(39)49-53-47(31-18-8-3-9-19-31)52-48(54-49)32-24-25-35-34-21-11-13-23-40(34)56-41(35)26-32/h1-28H. The van der Waals surface area contributed by atoms with Crippen molar-refractivity contribution in [3.05, 3.63) is 170 Å². The van der Waals surface area contributed by atoms with Gasteiger partial charge >= 0.3 is 0 Å². The van der Waals surface area contributed by atoms with Gasteiger partial charge in [-0.1, -0.05) is 133 Å². The van der Waals surface area contributed by atoms with E-state index in [2.05, 4.69) is 65.2 Å². The largest absolute Gasteiger partial charge is 0.456 e. The fraction of sp³-hybridized carbons (Fsp3) is 0. The summed E-state index contributed by atoms with van der Waals surface area (Å²) in [4.78, 5) is 25.7. The van der Waals surface area contributed by atoms with Gasteiger partial charge in [0.25, 0.3) is 0 Å². The highest BCUT2D eigenvalue weighted by atomic mass is 16.3. The lowest BCUT2D eigenvalue weighted by Gasteiger charge is -2.11. The summed E-state index contributed by atoms with van der Waals surface area (Å²) in [6.07, 6.45) is 0. The summed E-state index contributed by atoms with van der Waals surface area (Å²) in [5.74, 6) is 2.22. The minimum atomic E-state index is 0.492. The molecule has 0 fully saturated rings. The van der Waals surface area contributed by atoms with Crippen LogP contribution in [0.1, 0.15) is 0 Å². The zero-order chi connectivity index (χ0) is 37.5. The first-order valence-corrected chi connectivity index (χ1v) is 18.8. The summed E-state index contributed by atoms with van der Waals surface area (Å²) in [6.45, 7) is 0. The maximum absolute atomic E-state index is 6.73. The van der Waals surface area contributed by atoms with Gasteiger partial charge in [-0.3, -0.25) is 4.57 Å². The third-order valence-electron chi connectivity index (χ3n) is 10.7. The zero-order valence-electron chi connectivity index (χ0n) is 30.2. The molecule has 0 aliphatic carbocycles. The van der Waals surface area contributed by atoms with Crippen LogP contribution in [-0.2, 0) is 0 Å². The van der Waals surface area contributed by atoms with Gasteiger partial charge in [-0.05, 0) is 36.4 Å². The van der Waals surface area contributed by atoms with Crippen molar-refractivity contribution in [3.8, 4) is 51.4 Å². The Balaban J connectivity index is 1.14. The molecule has 8 nitrogen and oxygen atoms in total. The topological polar surface area (TPSA) is 95.7 Å². The van der Waals surface area contributed by atoms with Crippen molar-refractivity contribution in [3.63, 3.8) is 0 Å². The van der Waals surface area contributed by atoms with Gasteiger partial charge in [0.15, 0.2) is 23.1 Å². The maximum atomic E-state index is 6.73. The summed E-state index contributed by atoms with van der Waals surface area (Å²) in [5.41, 5.74) is 9.89. The summed E-state index contributed by atoms with van der Waals surface area (Å²) in [6, 6.07) is 57.0. The Morgan fingerprint density at radius 2 is 0.947 bits per heavy atom. The second-order valence-electron chi connectivity index (χ2n) is 14.1. The third-order valence-corrected chi connectivity index (χ3v) is 10.7. The zero-order valence-corrected chi connectivity index (χ0v) is 30.2. The molecule has 0 N–H and O–H groups in total. The Morgan fingerprint density at radius 1 is 0.351 bits per heavy atom. The first kappa shape index (κ1) is 31.4. The molecule has 0 radical (unpaired) electrons. The van der Waals surface area contributed by atoms with Crippen molar-refractivity contribution < 1.29 is 8.83 Å². The van der Waals surface area contributed by atoms with Crippen molar-refractivity contribution in [1.82, 2.24) is 29.5 Å². The summed E-state index contributed by atoms with van der Waals surface area (Å²) in [7, 11) is 0. The van der Waals surface area contributed by atoms with E-state index in [4.69, 9.17) is 33.8 Å². The Hall–Kier alpha value is -7.97. The first-order chi connectivity index (χ1) is 28.2. The van der Waals surface area contributed by atoms with Crippen molar-refractivity contribution in [2.75, 3.05) is 0 Å². The molecule has 7 aromatic carbocycles. The molecule has 12 aromatic rings. The van der Waals surface area contributed by atoms with Crippen molar-refractivity contribution >= 4 is 65.8 Å². The Labute approximate surface area is 324 Å². The van der Waals surface area contributed by atoms with Crippen LogP contribution in [0.4, 0.5) is 0 Å². The molecule has 5 aromatic heterocycles. The SMILES string of the molecule is c1ccc(-c2nc(-c3ccc4c(c3)oc3ccccc34)nc(-n3c4ccccc4c4cc5oc6c(-c7ccccc7)nc(-c7ccccc7)nc6c5cc43)n2)cc1. The van der Waals surface area contributed by atoms with Crippen LogP contribution < -0.4 is 0 Å². The van der Waals surface area contributed by atoms with Crippen LogP contribution in [0.5, 0.6) is 0 Å². The van der Waals surface area contributed by atoms with Gasteiger partial charge in [0.1, 0.15) is 28.0 Å². The molecule has 0 bridgehead atoms. The number of aromatic nitrogens is 6. The lowest BCUT2D eigenvalue weighted by atomic mass is 10.1. The van der Waals surface area contributed by atoms with Gasteiger partial charge < -0.3 is 8.83 Å². The number of hydrogen-bond donors (Lipinski definition) is 0. The summed E-state index contributed by atoms with van der Waals surface area (Å²) in [5, 5.41) is 5.02. The van der Waals surface area contributed by atoms with Crippen molar-refractivity contribution in [2.45, 2.75) is 0 Å². The lowest BCUT2D eigenvalue weighted by molar-refractivity contribution is 0.667. The highest BCUT2D eigenvalue weighted by Gasteiger charge is 2.23. The minimum absolute atomic E-state index is 0.492.